The molecule has 0 amide bonds. The Morgan fingerprint density at radius 3 is 2.71 bits per heavy atom. The summed E-state index contributed by atoms with van der Waals surface area (Å²) in [4.78, 5) is 0. The maximum absolute atomic E-state index is 9.06. The van der Waals surface area contributed by atoms with Crippen LogP contribution in [0.3, 0.4) is 0 Å². The summed E-state index contributed by atoms with van der Waals surface area (Å²) in [5, 5.41) is 23.3. The van der Waals surface area contributed by atoms with Crippen molar-refractivity contribution in [3.8, 4) is 0 Å². The third-order valence-electron chi connectivity index (χ3n) is 2.39. The fourth-order valence-corrected chi connectivity index (χ4v) is 1.60. The Bertz CT molecular complexity index is 479. The van der Waals surface area contributed by atoms with Crippen LogP contribution in [0.4, 0.5) is 0 Å². The average molecular weight is 190 g/mol. The van der Waals surface area contributed by atoms with Crippen LogP contribution in [-0.2, 0) is 7.05 Å². The van der Waals surface area contributed by atoms with Gasteiger partial charge in [0.1, 0.15) is 0 Å². The van der Waals surface area contributed by atoms with Gasteiger partial charge in [-0.25, -0.2) is 0 Å². The molecule has 14 heavy (non-hydrogen) atoms. The predicted octanol–water partition coefficient (Wildman–Crippen LogP) is -0.438. The van der Waals surface area contributed by atoms with Gasteiger partial charge in [-0.2, -0.15) is 5.10 Å². The summed E-state index contributed by atoms with van der Waals surface area (Å²) >= 11 is 0. The third kappa shape index (κ3) is 1.30. The Balaban J connectivity index is 2.75. The molecule has 0 unspecified atom stereocenters. The first-order chi connectivity index (χ1) is 6.59. The zero-order valence-corrected chi connectivity index (χ0v) is 8.10. The zero-order valence-electron chi connectivity index (χ0n) is 8.10. The molecule has 2 aromatic rings. The minimum atomic E-state index is -1.42. The van der Waals surface area contributed by atoms with Crippen LogP contribution < -0.4 is 5.46 Å². The fraction of sp³-hybridized carbons (Fsp3) is 0.222. The van der Waals surface area contributed by atoms with Crippen LogP contribution >= 0.6 is 0 Å². The molecule has 0 aliphatic heterocycles. The highest BCUT2D eigenvalue weighted by molar-refractivity contribution is 6.59. The number of nitrogens with zero attached hydrogens (tertiary/aromatic N) is 2. The van der Waals surface area contributed by atoms with Crippen molar-refractivity contribution in [2.24, 2.45) is 7.05 Å². The molecule has 1 aromatic carbocycles. The van der Waals surface area contributed by atoms with E-state index in [0.29, 0.717) is 5.46 Å². The van der Waals surface area contributed by atoms with E-state index in [-0.39, 0.29) is 0 Å². The van der Waals surface area contributed by atoms with Crippen molar-refractivity contribution < 1.29 is 10.0 Å². The van der Waals surface area contributed by atoms with E-state index in [0.717, 1.165) is 16.5 Å². The van der Waals surface area contributed by atoms with Gasteiger partial charge < -0.3 is 10.0 Å². The van der Waals surface area contributed by atoms with Crippen LogP contribution in [0.15, 0.2) is 18.3 Å². The quantitative estimate of drug-likeness (QED) is 0.599. The van der Waals surface area contributed by atoms with Crippen LogP contribution in [0.25, 0.3) is 10.9 Å². The summed E-state index contributed by atoms with van der Waals surface area (Å²) in [6.07, 6.45) is 1.78. The molecule has 5 heteroatoms. The number of hydrogen-bond acceptors (Lipinski definition) is 3. The lowest BCUT2D eigenvalue weighted by molar-refractivity contribution is 0.426. The molecule has 0 saturated carbocycles. The molecule has 0 radical (unpaired) electrons. The molecule has 0 aliphatic carbocycles. The van der Waals surface area contributed by atoms with Crippen molar-refractivity contribution in [3.05, 3.63) is 23.9 Å². The number of benzene rings is 1. The van der Waals surface area contributed by atoms with Crippen molar-refractivity contribution >= 4 is 23.5 Å². The Morgan fingerprint density at radius 2 is 2.07 bits per heavy atom. The topological polar surface area (TPSA) is 58.3 Å². The molecule has 1 heterocycles. The molecule has 0 saturated heterocycles. The molecule has 0 fully saturated rings. The Morgan fingerprint density at radius 1 is 1.36 bits per heavy atom. The SMILES string of the molecule is Cc1cc(B(O)O)cc2c1cnn2C. The van der Waals surface area contributed by atoms with Gasteiger partial charge >= 0.3 is 7.12 Å². The second-order valence-corrected chi connectivity index (χ2v) is 3.41. The summed E-state index contributed by atoms with van der Waals surface area (Å²) in [7, 11) is 0.406. The van der Waals surface area contributed by atoms with E-state index < -0.39 is 7.12 Å². The molecule has 4 nitrogen and oxygen atoms in total. The highest BCUT2D eigenvalue weighted by Crippen LogP contribution is 2.15. The van der Waals surface area contributed by atoms with Gasteiger partial charge in [-0.3, -0.25) is 4.68 Å². The van der Waals surface area contributed by atoms with Crippen molar-refractivity contribution in [2.75, 3.05) is 0 Å². The van der Waals surface area contributed by atoms with Gasteiger partial charge in [0.05, 0.1) is 11.7 Å². The summed E-state index contributed by atoms with van der Waals surface area (Å²) < 4.78 is 1.72. The number of aryl methyl sites for hydroxylation is 2. The number of aromatic nitrogens is 2. The maximum atomic E-state index is 9.06. The number of hydrogen-bond donors (Lipinski definition) is 2. The van der Waals surface area contributed by atoms with Crippen molar-refractivity contribution in [1.29, 1.82) is 0 Å². The molecule has 1 aromatic heterocycles. The van der Waals surface area contributed by atoms with Crippen LogP contribution in [0, 0.1) is 6.92 Å². The Labute approximate surface area is 81.9 Å². The number of fused-ring (bicyclic) bond motifs is 1. The molecule has 72 valence electrons. The molecular weight excluding hydrogens is 179 g/mol. The van der Waals surface area contributed by atoms with Crippen LogP contribution in [-0.4, -0.2) is 26.9 Å². The zero-order chi connectivity index (χ0) is 10.3. The van der Waals surface area contributed by atoms with E-state index >= 15 is 0 Å². The summed E-state index contributed by atoms with van der Waals surface area (Å²) in [5.41, 5.74) is 2.41. The molecule has 2 rings (SSSR count). The minimum Gasteiger partial charge on any atom is -0.423 e. The largest absolute Gasteiger partial charge is 0.488 e. The Hall–Kier alpha value is -1.33. The summed E-state index contributed by atoms with van der Waals surface area (Å²) in [5.74, 6) is 0. The predicted molar refractivity (Wildman–Crippen MR) is 55.3 cm³/mol. The van der Waals surface area contributed by atoms with Crippen molar-refractivity contribution in [2.45, 2.75) is 6.92 Å². The van der Waals surface area contributed by atoms with E-state index in [1.54, 1.807) is 23.0 Å². The van der Waals surface area contributed by atoms with Crippen molar-refractivity contribution in [1.82, 2.24) is 9.78 Å². The molecule has 0 bridgehead atoms. The molecular formula is C9H11BN2O2. The minimum absolute atomic E-state index is 0.499. The van der Waals surface area contributed by atoms with E-state index in [1.165, 1.54) is 0 Å². The van der Waals surface area contributed by atoms with E-state index in [1.807, 2.05) is 14.0 Å². The summed E-state index contributed by atoms with van der Waals surface area (Å²) in [6, 6.07) is 3.49. The monoisotopic (exact) mass is 190 g/mol. The molecule has 2 N–H and O–H groups in total. The van der Waals surface area contributed by atoms with Gasteiger partial charge in [-0.1, -0.05) is 6.07 Å². The molecule has 0 atom stereocenters. The van der Waals surface area contributed by atoms with Crippen LogP contribution in [0.5, 0.6) is 0 Å². The highest BCUT2D eigenvalue weighted by atomic mass is 16.4. The lowest BCUT2D eigenvalue weighted by Crippen LogP contribution is -2.30. The maximum Gasteiger partial charge on any atom is 0.488 e. The first-order valence-electron chi connectivity index (χ1n) is 4.38. The van der Waals surface area contributed by atoms with Gasteiger partial charge in [0.25, 0.3) is 0 Å². The highest BCUT2D eigenvalue weighted by Gasteiger charge is 2.14. The smallest absolute Gasteiger partial charge is 0.423 e. The third-order valence-corrected chi connectivity index (χ3v) is 2.39. The second-order valence-electron chi connectivity index (χ2n) is 3.41. The lowest BCUT2D eigenvalue weighted by atomic mass is 9.79. The van der Waals surface area contributed by atoms with Crippen molar-refractivity contribution in [3.63, 3.8) is 0 Å². The molecule has 0 spiro atoms. The standard InChI is InChI=1S/C9H11BN2O2/c1-6-3-7(10(13)14)4-9-8(6)5-11-12(9)2/h3-5,13-14H,1-2H3. The van der Waals surface area contributed by atoms with E-state index in [9.17, 15) is 0 Å². The first kappa shape index (κ1) is 9.24. The Kier molecular flexibility index (Phi) is 2.05. The first-order valence-corrected chi connectivity index (χ1v) is 4.38. The summed E-state index contributed by atoms with van der Waals surface area (Å²) in [6.45, 7) is 1.93. The normalized spacial score (nSPS) is 10.9. The fourth-order valence-electron chi connectivity index (χ4n) is 1.60. The van der Waals surface area contributed by atoms with Crippen LogP contribution in [0.1, 0.15) is 5.56 Å². The van der Waals surface area contributed by atoms with Crippen LogP contribution in [0.2, 0.25) is 0 Å². The lowest BCUT2D eigenvalue weighted by Gasteiger charge is -2.03. The number of rotatable bonds is 1. The van der Waals surface area contributed by atoms with Gasteiger partial charge in [0, 0.05) is 12.4 Å². The average Bonchev–Trinajstić information content (AvgIpc) is 2.48. The van der Waals surface area contributed by atoms with E-state index in [4.69, 9.17) is 10.0 Å². The molecule has 0 aliphatic rings. The van der Waals surface area contributed by atoms with Gasteiger partial charge in [0.2, 0.25) is 0 Å². The van der Waals surface area contributed by atoms with E-state index in [2.05, 4.69) is 5.10 Å². The van der Waals surface area contributed by atoms with Gasteiger partial charge in [-0.05, 0) is 24.0 Å². The van der Waals surface area contributed by atoms with Gasteiger partial charge in [0.15, 0.2) is 0 Å². The van der Waals surface area contributed by atoms with Gasteiger partial charge in [-0.15, -0.1) is 0 Å². The second kappa shape index (κ2) is 3.11.